The number of phosphoric ester groups is 1. The third-order valence-corrected chi connectivity index (χ3v) is 9.14. The molecule has 0 aromatic heterocycles. The lowest BCUT2D eigenvalue weighted by Crippen LogP contribution is -2.29. The van der Waals surface area contributed by atoms with Crippen LogP contribution in [-0.4, -0.2) is 49.3 Å². The van der Waals surface area contributed by atoms with E-state index in [1.54, 1.807) is 0 Å². The Bertz CT molecular complexity index is 1290. The lowest BCUT2D eigenvalue weighted by molar-refractivity contribution is -0.161. The molecule has 0 aliphatic heterocycles. The molecule has 0 aromatic rings. The highest BCUT2D eigenvalue weighted by Gasteiger charge is 2.25. The molecule has 0 saturated carbocycles. The maximum absolute atomic E-state index is 12.5. The Morgan fingerprint density at radius 1 is 0.544 bits per heavy atom. The van der Waals surface area contributed by atoms with Crippen molar-refractivity contribution in [1.29, 1.82) is 0 Å². The van der Waals surface area contributed by atoms with Crippen LogP contribution in [0.1, 0.15) is 142 Å². The van der Waals surface area contributed by atoms with Gasteiger partial charge >= 0.3 is 19.8 Å². The quantitative estimate of drug-likeness (QED) is 0.0270. The summed E-state index contributed by atoms with van der Waals surface area (Å²) in [6, 6.07) is 0. The molecule has 0 aliphatic carbocycles. The average molecular weight is 814 g/mol. The Hall–Kier alpha value is -3.33. The molecule has 57 heavy (non-hydrogen) atoms. The van der Waals surface area contributed by atoms with Crippen LogP contribution in [-0.2, 0) is 32.7 Å². The number of carbonyl (C=O) groups excluding carboxylic acids is 2. The van der Waals surface area contributed by atoms with Crippen LogP contribution in [0.4, 0.5) is 0 Å². The highest BCUT2D eigenvalue weighted by atomic mass is 31.2. The van der Waals surface area contributed by atoms with Gasteiger partial charge in [-0.05, 0) is 89.9 Å². The Kier molecular flexibility index (Phi) is 39.8. The number of carbonyl (C=O) groups is 2. The van der Waals surface area contributed by atoms with Gasteiger partial charge in [0.1, 0.15) is 6.61 Å². The fourth-order valence-electron chi connectivity index (χ4n) is 5.02. The summed E-state index contributed by atoms with van der Waals surface area (Å²) in [5, 5.41) is 0. The van der Waals surface area contributed by atoms with Crippen molar-refractivity contribution in [3.05, 3.63) is 109 Å². The van der Waals surface area contributed by atoms with E-state index in [0.29, 0.717) is 12.8 Å². The first-order valence-corrected chi connectivity index (χ1v) is 22.9. The summed E-state index contributed by atoms with van der Waals surface area (Å²) in [4.78, 5) is 34.8. The van der Waals surface area contributed by atoms with Crippen LogP contribution >= 0.6 is 7.82 Å². The van der Waals surface area contributed by atoms with Gasteiger partial charge in [0.05, 0.1) is 13.2 Å². The largest absolute Gasteiger partial charge is 0.472 e. The van der Waals surface area contributed by atoms with E-state index < -0.39 is 32.5 Å². The van der Waals surface area contributed by atoms with Crippen LogP contribution < -0.4 is 5.73 Å². The smallest absolute Gasteiger partial charge is 0.462 e. The first kappa shape index (κ1) is 53.7. The molecule has 0 rings (SSSR count). The number of phosphoric acid groups is 1. The molecule has 2 atom stereocenters. The van der Waals surface area contributed by atoms with Crippen molar-refractivity contribution in [2.24, 2.45) is 5.73 Å². The van der Waals surface area contributed by atoms with Crippen LogP contribution in [0.5, 0.6) is 0 Å². The van der Waals surface area contributed by atoms with Gasteiger partial charge in [-0.1, -0.05) is 149 Å². The van der Waals surface area contributed by atoms with E-state index in [-0.39, 0.29) is 32.6 Å². The number of nitrogens with two attached hydrogens (primary N) is 1. The van der Waals surface area contributed by atoms with Crippen molar-refractivity contribution < 1.29 is 37.6 Å². The van der Waals surface area contributed by atoms with Gasteiger partial charge in [0, 0.05) is 19.4 Å². The second kappa shape index (κ2) is 42.3. The molecule has 322 valence electrons. The zero-order chi connectivity index (χ0) is 41.8. The van der Waals surface area contributed by atoms with E-state index in [2.05, 4.69) is 111 Å². The fourth-order valence-corrected chi connectivity index (χ4v) is 5.78. The number of unbranched alkanes of at least 4 members (excludes halogenated alkanes) is 7. The van der Waals surface area contributed by atoms with Gasteiger partial charge in [0.2, 0.25) is 0 Å². The predicted octanol–water partition coefficient (Wildman–Crippen LogP) is 12.4. The van der Waals surface area contributed by atoms with Gasteiger partial charge in [-0.2, -0.15) is 0 Å². The SMILES string of the molecule is CC/C=C/C/C=C/C/C=C/C/C=C/C/C=C/C/C=C/CCC(=O)O[C@H](COC(=O)CCCCCC/C=C/C/C=C/C/C=C/CCCCC)COP(=O)(O)OCCN. The Labute approximate surface area is 346 Å². The van der Waals surface area contributed by atoms with Crippen molar-refractivity contribution in [1.82, 2.24) is 0 Å². The van der Waals surface area contributed by atoms with Crippen LogP contribution in [0.2, 0.25) is 0 Å². The van der Waals surface area contributed by atoms with E-state index in [4.69, 9.17) is 24.3 Å². The number of hydrogen-bond donors (Lipinski definition) is 2. The maximum Gasteiger partial charge on any atom is 0.472 e. The lowest BCUT2D eigenvalue weighted by Gasteiger charge is -2.19. The predicted molar refractivity (Wildman–Crippen MR) is 238 cm³/mol. The van der Waals surface area contributed by atoms with Crippen LogP contribution in [0.25, 0.3) is 0 Å². The molecule has 0 bridgehead atoms. The first-order valence-electron chi connectivity index (χ1n) is 21.4. The van der Waals surface area contributed by atoms with Gasteiger partial charge in [-0.25, -0.2) is 4.57 Å². The summed E-state index contributed by atoms with van der Waals surface area (Å²) in [7, 11) is -4.41. The molecule has 3 N–H and O–H groups in total. The Morgan fingerprint density at radius 3 is 1.49 bits per heavy atom. The number of rotatable bonds is 38. The van der Waals surface area contributed by atoms with Gasteiger partial charge in [-0.3, -0.25) is 18.6 Å². The number of ether oxygens (including phenoxy) is 2. The summed E-state index contributed by atoms with van der Waals surface area (Å²) in [6.45, 7) is 3.44. The highest BCUT2D eigenvalue weighted by molar-refractivity contribution is 7.47. The topological polar surface area (TPSA) is 134 Å². The molecular weight excluding hydrogens is 737 g/mol. The number of esters is 2. The molecule has 0 amide bonds. The third-order valence-electron chi connectivity index (χ3n) is 8.16. The highest BCUT2D eigenvalue weighted by Crippen LogP contribution is 2.43. The minimum absolute atomic E-state index is 0.0321. The fraction of sp³-hybridized carbons (Fsp3) is 0.574. The molecular formula is C47H76NO8P. The molecule has 1 unspecified atom stereocenters. The van der Waals surface area contributed by atoms with E-state index in [1.807, 2.05) is 12.2 Å². The monoisotopic (exact) mass is 814 g/mol. The minimum atomic E-state index is -4.41. The lowest BCUT2D eigenvalue weighted by atomic mass is 10.1. The van der Waals surface area contributed by atoms with Crippen LogP contribution in [0.3, 0.4) is 0 Å². The zero-order valence-corrected chi connectivity index (χ0v) is 36.2. The number of allylic oxidation sites excluding steroid dienone is 18. The summed E-state index contributed by atoms with van der Waals surface area (Å²) in [5.41, 5.74) is 5.34. The Morgan fingerprint density at radius 2 is 1.00 bits per heavy atom. The maximum atomic E-state index is 12.5. The molecule has 0 heterocycles. The van der Waals surface area contributed by atoms with E-state index in [9.17, 15) is 19.0 Å². The molecule has 0 spiro atoms. The molecule has 0 aliphatic rings. The van der Waals surface area contributed by atoms with Crippen molar-refractivity contribution in [3.8, 4) is 0 Å². The Balaban J connectivity index is 4.37. The third kappa shape index (κ3) is 42.1. The van der Waals surface area contributed by atoms with E-state index >= 15 is 0 Å². The molecule has 0 saturated heterocycles. The molecule has 10 heteroatoms. The van der Waals surface area contributed by atoms with Crippen molar-refractivity contribution >= 4 is 19.8 Å². The first-order chi connectivity index (χ1) is 27.8. The van der Waals surface area contributed by atoms with Gasteiger partial charge in [0.25, 0.3) is 0 Å². The van der Waals surface area contributed by atoms with Crippen molar-refractivity contribution in [2.75, 3.05) is 26.4 Å². The van der Waals surface area contributed by atoms with Crippen molar-refractivity contribution in [2.45, 2.75) is 148 Å². The van der Waals surface area contributed by atoms with Gasteiger partial charge in [0.15, 0.2) is 6.10 Å². The zero-order valence-electron chi connectivity index (χ0n) is 35.3. The summed E-state index contributed by atoms with van der Waals surface area (Å²) in [5.74, 6) is -0.965. The molecule has 0 radical (unpaired) electrons. The average Bonchev–Trinajstić information content (AvgIpc) is 3.20. The van der Waals surface area contributed by atoms with Gasteiger partial charge in [-0.15, -0.1) is 0 Å². The van der Waals surface area contributed by atoms with E-state index in [0.717, 1.165) is 77.0 Å². The minimum Gasteiger partial charge on any atom is -0.462 e. The molecule has 9 nitrogen and oxygen atoms in total. The second-order valence-corrected chi connectivity index (χ2v) is 14.9. The number of hydrogen-bond acceptors (Lipinski definition) is 8. The van der Waals surface area contributed by atoms with Crippen LogP contribution in [0, 0.1) is 0 Å². The standard InChI is InChI=1S/C47H76NO8P/c1-3-5-7-9-11-13-15-17-19-21-22-24-26-28-30-32-34-36-38-40-47(50)56-45(44-55-57(51,52)54-42-41-48)43-53-46(49)39-37-35-33-31-29-27-25-23-20-18-16-14-12-10-8-6-4-2/h5,7,11-14,17-20,22,24-25,27-28,30,34,36,45H,3-4,6,8-10,15-16,21,23,26,29,31-33,35,37-44,48H2,1-2H3,(H,51,52)/b7-5+,13-11+,14-12+,19-17+,20-18+,24-22+,27-25+,30-28+,36-34+/t45-/m1/s1. The summed E-state index contributed by atoms with van der Waals surface area (Å²) >= 11 is 0. The molecule has 0 aromatic carbocycles. The van der Waals surface area contributed by atoms with Crippen LogP contribution in [0.15, 0.2) is 109 Å². The van der Waals surface area contributed by atoms with Gasteiger partial charge < -0.3 is 20.1 Å². The summed E-state index contributed by atoms with van der Waals surface area (Å²) < 4.78 is 32.6. The molecule has 0 fully saturated rings. The van der Waals surface area contributed by atoms with Crippen molar-refractivity contribution in [3.63, 3.8) is 0 Å². The second-order valence-electron chi connectivity index (χ2n) is 13.5. The van der Waals surface area contributed by atoms with E-state index in [1.165, 1.54) is 25.7 Å². The normalized spacial score (nSPS) is 14.4. The summed E-state index contributed by atoms with van der Waals surface area (Å²) in [6.07, 6.45) is 55.6.